The molecular weight excluding hydrogens is 656 g/mol. The Hall–Kier alpha value is -2.52. The van der Waals surface area contributed by atoms with Crippen molar-refractivity contribution in [3.8, 4) is 0 Å². The van der Waals surface area contributed by atoms with Crippen molar-refractivity contribution in [3.05, 3.63) is 60.8 Å². The first-order valence-electron chi connectivity index (χ1n) is 20.5. The van der Waals surface area contributed by atoms with Gasteiger partial charge in [-0.2, -0.15) is 0 Å². The zero-order valence-electron chi connectivity index (χ0n) is 33.1. The van der Waals surface area contributed by atoms with Crippen LogP contribution in [-0.4, -0.2) is 70.0 Å². The van der Waals surface area contributed by atoms with Crippen LogP contribution in [0.5, 0.6) is 0 Å². The lowest BCUT2D eigenvalue weighted by atomic mass is 10.0. The number of unbranched alkanes of at least 4 members (excludes halogenated alkanes) is 14. The van der Waals surface area contributed by atoms with E-state index in [0.29, 0.717) is 12.8 Å². The van der Waals surface area contributed by atoms with Gasteiger partial charge in [-0.3, -0.25) is 9.59 Å². The first-order valence-corrected chi connectivity index (χ1v) is 20.5. The Morgan fingerprint density at radius 3 is 1.63 bits per heavy atom. The molecule has 8 nitrogen and oxygen atoms in total. The summed E-state index contributed by atoms with van der Waals surface area (Å²) < 4.78 is 10.4. The Morgan fingerprint density at radius 2 is 1.10 bits per heavy atom. The molecule has 0 aromatic heterocycles. The molecule has 0 aliphatic rings. The number of carbonyl (C=O) groups excluding carboxylic acids is 2. The SMILES string of the molecule is CC/C=C\C[C@H](O)/C=C/C=C/C=C\C=C/[C@@H](O)[C@H](O)CCCC(=O)O[C@@H](CO)COC(=O)CCCCCCCCCCCCCCCCCC(C)C. The first kappa shape index (κ1) is 49.5. The average molecular weight is 733 g/mol. The van der Waals surface area contributed by atoms with Crippen molar-refractivity contribution in [2.45, 2.75) is 186 Å². The van der Waals surface area contributed by atoms with Crippen molar-refractivity contribution in [1.82, 2.24) is 0 Å². The minimum absolute atomic E-state index is 0.00147. The molecule has 0 bridgehead atoms. The van der Waals surface area contributed by atoms with E-state index < -0.39 is 37.0 Å². The van der Waals surface area contributed by atoms with E-state index in [1.807, 2.05) is 19.1 Å². The van der Waals surface area contributed by atoms with E-state index in [9.17, 15) is 30.0 Å². The molecular formula is C44H76O8. The van der Waals surface area contributed by atoms with Crippen LogP contribution in [0.15, 0.2) is 60.8 Å². The predicted octanol–water partition coefficient (Wildman–Crippen LogP) is 9.56. The number of hydrogen-bond acceptors (Lipinski definition) is 8. The maximum absolute atomic E-state index is 12.2. The Morgan fingerprint density at radius 1 is 0.596 bits per heavy atom. The van der Waals surface area contributed by atoms with Crippen LogP contribution >= 0.6 is 0 Å². The van der Waals surface area contributed by atoms with E-state index in [0.717, 1.165) is 31.6 Å². The van der Waals surface area contributed by atoms with Crippen LogP contribution in [0.2, 0.25) is 0 Å². The Kier molecular flexibility index (Phi) is 35.0. The molecule has 4 N–H and O–H groups in total. The maximum atomic E-state index is 12.2. The van der Waals surface area contributed by atoms with Crippen molar-refractivity contribution in [2.24, 2.45) is 5.92 Å². The zero-order chi connectivity index (χ0) is 38.5. The van der Waals surface area contributed by atoms with E-state index in [-0.39, 0.29) is 31.8 Å². The van der Waals surface area contributed by atoms with Crippen molar-refractivity contribution in [3.63, 3.8) is 0 Å². The largest absolute Gasteiger partial charge is 0.462 e. The normalized spacial score (nSPS) is 14.8. The summed E-state index contributed by atoms with van der Waals surface area (Å²) in [6.07, 6.45) is 36.6. The number of rotatable bonds is 35. The lowest BCUT2D eigenvalue weighted by Crippen LogP contribution is -2.29. The Balaban J connectivity index is 3.87. The topological polar surface area (TPSA) is 134 Å². The number of esters is 2. The molecule has 0 amide bonds. The molecule has 0 rings (SSSR count). The molecule has 0 aromatic rings. The molecule has 0 radical (unpaired) electrons. The maximum Gasteiger partial charge on any atom is 0.306 e. The van der Waals surface area contributed by atoms with Gasteiger partial charge >= 0.3 is 11.9 Å². The second-order valence-corrected chi connectivity index (χ2v) is 14.4. The van der Waals surface area contributed by atoms with E-state index in [1.165, 1.54) is 89.5 Å². The highest BCUT2D eigenvalue weighted by Crippen LogP contribution is 2.15. The molecule has 0 fully saturated rings. The highest BCUT2D eigenvalue weighted by Gasteiger charge is 2.18. The molecule has 0 unspecified atom stereocenters. The fourth-order valence-electron chi connectivity index (χ4n) is 5.61. The van der Waals surface area contributed by atoms with Crippen molar-refractivity contribution < 1.29 is 39.5 Å². The fourth-order valence-corrected chi connectivity index (χ4v) is 5.61. The van der Waals surface area contributed by atoms with Crippen molar-refractivity contribution in [2.75, 3.05) is 13.2 Å². The highest BCUT2D eigenvalue weighted by atomic mass is 16.6. The number of aliphatic hydroxyl groups excluding tert-OH is 4. The number of ether oxygens (including phenoxy) is 2. The third kappa shape index (κ3) is 34.6. The van der Waals surface area contributed by atoms with Gasteiger partial charge in [-0.1, -0.05) is 178 Å². The second-order valence-electron chi connectivity index (χ2n) is 14.4. The van der Waals surface area contributed by atoms with Crippen LogP contribution < -0.4 is 0 Å². The average Bonchev–Trinajstić information content (AvgIpc) is 3.12. The smallest absolute Gasteiger partial charge is 0.306 e. The van der Waals surface area contributed by atoms with Crippen molar-refractivity contribution >= 4 is 11.9 Å². The molecule has 0 heterocycles. The predicted molar refractivity (Wildman–Crippen MR) is 214 cm³/mol. The molecule has 0 aliphatic carbocycles. The first-order chi connectivity index (χ1) is 25.2. The van der Waals surface area contributed by atoms with Crippen LogP contribution in [0.4, 0.5) is 0 Å². The molecule has 0 saturated heterocycles. The van der Waals surface area contributed by atoms with Gasteiger partial charge in [0.15, 0.2) is 6.10 Å². The van der Waals surface area contributed by atoms with Crippen LogP contribution in [0, 0.1) is 5.92 Å². The van der Waals surface area contributed by atoms with E-state index in [1.54, 1.807) is 42.5 Å². The monoisotopic (exact) mass is 733 g/mol. The molecule has 0 aliphatic heterocycles. The van der Waals surface area contributed by atoms with Crippen LogP contribution in [0.25, 0.3) is 0 Å². The van der Waals surface area contributed by atoms with Gasteiger partial charge in [0.2, 0.25) is 0 Å². The number of carbonyl (C=O) groups is 2. The highest BCUT2D eigenvalue weighted by molar-refractivity contribution is 5.70. The zero-order valence-corrected chi connectivity index (χ0v) is 33.1. The van der Waals surface area contributed by atoms with E-state index in [2.05, 4.69) is 13.8 Å². The molecule has 0 saturated carbocycles. The molecule has 300 valence electrons. The molecule has 4 atom stereocenters. The van der Waals surface area contributed by atoms with Crippen molar-refractivity contribution in [1.29, 1.82) is 0 Å². The lowest BCUT2D eigenvalue weighted by Gasteiger charge is -2.17. The summed E-state index contributed by atoms with van der Waals surface area (Å²) in [4.78, 5) is 24.3. The number of allylic oxidation sites excluding steroid dienone is 7. The van der Waals surface area contributed by atoms with Crippen LogP contribution in [0.1, 0.15) is 162 Å². The third-order valence-electron chi connectivity index (χ3n) is 8.85. The van der Waals surface area contributed by atoms with Gasteiger partial charge in [0, 0.05) is 12.8 Å². The van der Waals surface area contributed by atoms with E-state index >= 15 is 0 Å². The molecule has 0 aromatic carbocycles. The fraction of sp³-hybridized carbons (Fsp3) is 0.727. The van der Waals surface area contributed by atoms with Crippen LogP contribution in [0.3, 0.4) is 0 Å². The van der Waals surface area contributed by atoms with Gasteiger partial charge in [-0.25, -0.2) is 0 Å². The summed E-state index contributed by atoms with van der Waals surface area (Å²) in [6, 6.07) is 0. The summed E-state index contributed by atoms with van der Waals surface area (Å²) in [5, 5.41) is 39.7. The van der Waals surface area contributed by atoms with Gasteiger partial charge in [0.25, 0.3) is 0 Å². The summed E-state index contributed by atoms with van der Waals surface area (Å²) in [5.41, 5.74) is 0. The Bertz CT molecular complexity index is 983. The molecule has 8 heteroatoms. The van der Waals surface area contributed by atoms with Crippen LogP contribution in [-0.2, 0) is 19.1 Å². The quantitative estimate of drug-likeness (QED) is 0.0219. The van der Waals surface area contributed by atoms with Gasteiger partial charge in [0.05, 0.1) is 24.9 Å². The third-order valence-corrected chi connectivity index (χ3v) is 8.85. The Labute approximate surface area is 317 Å². The lowest BCUT2D eigenvalue weighted by molar-refractivity contribution is -0.161. The summed E-state index contributed by atoms with van der Waals surface area (Å²) in [5.74, 6) is -0.0857. The summed E-state index contributed by atoms with van der Waals surface area (Å²) in [6.45, 7) is 6.01. The van der Waals surface area contributed by atoms with Gasteiger partial charge in [0.1, 0.15) is 6.61 Å². The van der Waals surface area contributed by atoms with Gasteiger partial charge in [-0.05, 0) is 38.0 Å². The number of aliphatic hydroxyl groups is 4. The number of hydrogen-bond donors (Lipinski definition) is 4. The molecule has 0 spiro atoms. The second kappa shape index (κ2) is 36.8. The molecule has 52 heavy (non-hydrogen) atoms. The minimum atomic E-state index is -1.09. The summed E-state index contributed by atoms with van der Waals surface area (Å²) >= 11 is 0. The summed E-state index contributed by atoms with van der Waals surface area (Å²) in [7, 11) is 0. The van der Waals surface area contributed by atoms with Gasteiger partial charge < -0.3 is 29.9 Å². The van der Waals surface area contributed by atoms with E-state index in [4.69, 9.17) is 9.47 Å². The standard InChI is InChI=1S/C44H76O8/c1-4-5-23-30-39(46)31-25-20-17-18-21-26-32-41(47)42(48)33-28-35-44(50)52-40(36-45)37-51-43(49)34-27-22-16-14-12-10-8-6-7-9-11-13-15-19-24-29-38(2)3/h5,17-18,20-21,23,25-26,31-32,38-42,45-48H,4,6-16,19,22,24,27-30,33-37H2,1-3H3/b20-17+,21-18-,23-5-,31-25+,32-26-/t39-,40-,41+,42+/m0/s1. The van der Waals surface area contributed by atoms with Gasteiger partial charge in [-0.15, -0.1) is 0 Å². The minimum Gasteiger partial charge on any atom is -0.462 e.